The average Bonchev–Trinajstić information content (AvgIpc) is 2.61. The molecule has 1 aliphatic carbocycles. The summed E-state index contributed by atoms with van der Waals surface area (Å²) in [5.74, 6) is -1.39. The summed E-state index contributed by atoms with van der Waals surface area (Å²) in [5.41, 5.74) is 3.33. The Morgan fingerprint density at radius 2 is 2.20 bits per heavy atom. The molecule has 0 aliphatic heterocycles. The topological polar surface area (TPSA) is 40.1 Å². The fourth-order valence-corrected chi connectivity index (χ4v) is 2.11. The van der Waals surface area contributed by atoms with Crippen LogP contribution in [0, 0.1) is 5.92 Å². The third-order valence-corrected chi connectivity index (χ3v) is 2.93. The molecule has 0 bridgehead atoms. The number of carboxylic acid groups (broad SMARTS) is 1. The Balaban J connectivity index is 2.27. The molecule has 1 aromatic carbocycles. The van der Waals surface area contributed by atoms with Crippen molar-refractivity contribution in [1.29, 1.82) is 0 Å². The third kappa shape index (κ3) is 1.80. The van der Waals surface area contributed by atoms with Crippen molar-refractivity contribution in [2.75, 3.05) is 0 Å². The summed E-state index contributed by atoms with van der Waals surface area (Å²) in [5, 5.41) is 10.9. The summed E-state index contributed by atoms with van der Waals surface area (Å²) in [4.78, 5) is 10.9. The normalized spacial score (nSPS) is 15.7. The van der Waals surface area contributed by atoms with Crippen LogP contribution in [0.1, 0.15) is 24.5 Å². The number of hydrogen-bond acceptors (Lipinski definition) is 2. The molecule has 0 N–H and O–H groups in total. The van der Waals surface area contributed by atoms with E-state index in [2.05, 4.69) is 0 Å². The first kappa shape index (κ1) is 9.97. The van der Waals surface area contributed by atoms with Crippen LogP contribution < -0.4 is 5.11 Å². The Morgan fingerprint density at radius 1 is 1.47 bits per heavy atom. The molecular formula is C13H13O2-. The van der Waals surface area contributed by atoms with Crippen LogP contribution in [0.3, 0.4) is 0 Å². The van der Waals surface area contributed by atoms with Gasteiger partial charge in [-0.3, -0.25) is 0 Å². The van der Waals surface area contributed by atoms with Crippen molar-refractivity contribution in [2.45, 2.75) is 19.8 Å². The first-order chi connectivity index (χ1) is 7.22. The summed E-state index contributed by atoms with van der Waals surface area (Å²) >= 11 is 0. The predicted octanol–water partition coefficient (Wildman–Crippen LogP) is 1.40. The van der Waals surface area contributed by atoms with Crippen molar-refractivity contribution in [3.63, 3.8) is 0 Å². The molecular weight excluding hydrogens is 188 g/mol. The second-order valence-electron chi connectivity index (χ2n) is 3.87. The van der Waals surface area contributed by atoms with Crippen LogP contribution in [0.15, 0.2) is 29.8 Å². The summed E-state index contributed by atoms with van der Waals surface area (Å²) in [7, 11) is 0. The highest BCUT2D eigenvalue weighted by atomic mass is 16.4. The molecule has 15 heavy (non-hydrogen) atoms. The van der Waals surface area contributed by atoms with Gasteiger partial charge in [0.15, 0.2) is 0 Å². The van der Waals surface area contributed by atoms with Gasteiger partial charge in [-0.05, 0) is 24.0 Å². The van der Waals surface area contributed by atoms with E-state index in [0.29, 0.717) is 6.42 Å². The minimum atomic E-state index is -0.962. The largest absolute Gasteiger partial charge is 0.550 e. The number of carboxylic acids is 1. The van der Waals surface area contributed by atoms with Crippen molar-refractivity contribution >= 4 is 12.0 Å². The van der Waals surface area contributed by atoms with E-state index in [1.807, 2.05) is 37.3 Å². The second-order valence-corrected chi connectivity index (χ2v) is 3.87. The van der Waals surface area contributed by atoms with Crippen molar-refractivity contribution < 1.29 is 9.90 Å². The lowest BCUT2D eigenvalue weighted by molar-refractivity contribution is -0.310. The molecule has 0 radical (unpaired) electrons. The molecule has 0 amide bonds. The van der Waals surface area contributed by atoms with Crippen LogP contribution in [0.4, 0.5) is 0 Å². The predicted molar refractivity (Wildman–Crippen MR) is 56.9 cm³/mol. The lowest BCUT2D eigenvalue weighted by atomic mass is 9.95. The monoisotopic (exact) mass is 201 g/mol. The standard InChI is InChI=1S/C13H14O2/c1-2-12(13(14)15)11-7-9-5-3-4-6-10(9)8-11/h3-7,12H,2,8H2,1H3,(H,14,15)/p-1. The van der Waals surface area contributed by atoms with Crippen LogP contribution in [-0.2, 0) is 11.2 Å². The highest BCUT2D eigenvalue weighted by Crippen LogP contribution is 2.30. The van der Waals surface area contributed by atoms with E-state index < -0.39 is 11.9 Å². The number of carbonyl (C=O) groups excluding carboxylic acids is 1. The van der Waals surface area contributed by atoms with Gasteiger partial charge in [0, 0.05) is 11.9 Å². The molecule has 2 nitrogen and oxygen atoms in total. The zero-order chi connectivity index (χ0) is 10.8. The zero-order valence-electron chi connectivity index (χ0n) is 8.69. The molecule has 1 aromatic rings. The molecule has 1 atom stereocenters. The van der Waals surface area contributed by atoms with Gasteiger partial charge in [-0.15, -0.1) is 0 Å². The van der Waals surface area contributed by atoms with Crippen molar-refractivity contribution in [1.82, 2.24) is 0 Å². The highest BCUT2D eigenvalue weighted by Gasteiger charge is 2.19. The van der Waals surface area contributed by atoms with E-state index >= 15 is 0 Å². The Hall–Kier alpha value is -1.57. The number of benzene rings is 1. The Kier molecular flexibility index (Phi) is 2.58. The zero-order valence-corrected chi connectivity index (χ0v) is 8.69. The van der Waals surface area contributed by atoms with E-state index in [0.717, 1.165) is 17.6 Å². The maximum Gasteiger partial charge on any atom is 0.0485 e. The SMILES string of the molecule is CCC(C(=O)[O-])C1=Cc2ccccc2C1. The van der Waals surface area contributed by atoms with Gasteiger partial charge in [0.1, 0.15) is 0 Å². The lowest BCUT2D eigenvalue weighted by Crippen LogP contribution is -2.32. The fourth-order valence-electron chi connectivity index (χ4n) is 2.11. The van der Waals surface area contributed by atoms with Crippen LogP contribution in [-0.4, -0.2) is 5.97 Å². The van der Waals surface area contributed by atoms with E-state index in [-0.39, 0.29) is 0 Å². The molecule has 0 fully saturated rings. The van der Waals surface area contributed by atoms with Gasteiger partial charge in [-0.2, -0.15) is 0 Å². The van der Waals surface area contributed by atoms with E-state index in [1.165, 1.54) is 5.56 Å². The maximum atomic E-state index is 10.9. The minimum absolute atomic E-state index is 0.433. The van der Waals surface area contributed by atoms with Gasteiger partial charge in [0.05, 0.1) is 0 Å². The Bertz CT molecular complexity index is 418. The van der Waals surface area contributed by atoms with E-state index in [4.69, 9.17) is 0 Å². The van der Waals surface area contributed by atoms with Gasteiger partial charge in [0.2, 0.25) is 0 Å². The molecule has 2 rings (SSSR count). The van der Waals surface area contributed by atoms with E-state index in [1.54, 1.807) is 0 Å². The number of fused-ring (bicyclic) bond motifs is 1. The lowest BCUT2D eigenvalue weighted by Gasteiger charge is -2.17. The van der Waals surface area contributed by atoms with Crippen LogP contribution >= 0.6 is 0 Å². The van der Waals surface area contributed by atoms with Crippen molar-refractivity contribution in [3.8, 4) is 0 Å². The number of hydrogen-bond donors (Lipinski definition) is 0. The number of aliphatic carboxylic acids is 1. The molecule has 0 saturated heterocycles. The van der Waals surface area contributed by atoms with Gasteiger partial charge >= 0.3 is 0 Å². The van der Waals surface area contributed by atoms with Gasteiger partial charge in [0.25, 0.3) is 0 Å². The molecule has 0 aromatic heterocycles. The number of carbonyl (C=O) groups is 1. The fraction of sp³-hybridized carbons (Fsp3) is 0.308. The minimum Gasteiger partial charge on any atom is -0.550 e. The van der Waals surface area contributed by atoms with Crippen LogP contribution in [0.25, 0.3) is 6.08 Å². The van der Waals surface area contributed by atoms with Gasteiger partial charge in [-0.25, -0.2) is 0 Å². The molecule has 1 unspecified atom stereocenters. The molecule has 0 spiro atoms. The molecule has 78 valence electrons. The van der Waals surface area contributed by atoms with E-state index in [9.17, 15) is 9.90 Å². The summed E-state index contributed by atoms with van der Waals surface area (Å²) in [6.07, 6.45) is 3.34. The summed E-state index contributed by atoms with van der Waals surface area (Å²) in [6.45, 7) is 1.88. The Morgan fingerprint density at radius 3 is 2.80 bits per heavy atom. The second kappa shape index (κ2) is 3.89. The molecule has 2 heteroatoms. The molecule has 1 aliphatic rings. The number of rotatable bonds is 3. The van der Waals surface area contributed by atoms with Gasteiger partial charge < -0.3 is 9.90 Å². The van der Waals surface area contributed by atoms with Crippen molar-refractivity contribution in [2.24, 2.45) is 5.92 Å². The molecule has 0 saturated carbocycles. The summed E-state index contributed by atoms with van der Waals surface area (Å²) in [6, 6.07) is 8.01. The Labute approximate surface area is 89.2 Å². The smallest absolute Gasteiger partial charge is 0.0485 e. The first-order valence-corrected chi connectivity index (χ1v) is 5.21. The van der Waals surface area contributed by atoms with Crippen molar-refractivity contribution in [3.05, 3.63) is 41.0 Å². The highest BCUT2D eigenvalue weighted by molar-refractivity contribution is 5.77. The summed E-state index contributed by atoms with van der Waals surface area (Å²) < 4.78 is 0. The maximum absolute atomic E-state index is 10.9. The quantitative estimate of drug-likeness (QED) is 0.741. The first-order valence-electron chi connectivity index (χ1n) is 5.21. The average molecular weight is 201 g/mol. The van der Waals surface area contributed by atoms with Gasteiger partial charge in [-0.1, -0.05) is 42.8 Å². The van der Waals surface area contributed by atoms with Crippen LogP contribution in [0.5, 0.6) is 0 Å². The molecule has 0 heterocycles. The van der Waals surface area contributed by atoms with Crippen LogP contribution in [0.2, 0.25) is 0 Å². The third-order valence-electron chi connectivity index (χ3n) is 2.93.